The van der Waals surface area contributed by atoms with Crippen molar-refractivity contribution < 1.29 is 14.5 Å². The number of carbonyl (C=O) groups excluding carboxylic acids is 2. The lowest BCUT2D eigenvalue weighted by molar-refractivity contribution is -0.391. The molecule has 1 aliphatic heterocycles. The van der Waals surface area contributed by atoms with Gasteiger partial charge >= 0.3 is 5.82 Å². The number of carbonyl (C=O) groups is 2. The van der Waals surface area contributed by atoms with Gasteiger partial charge in [0.2, 0.25) is 17.5 Å². The number of anilines is 1. The van der Waals surface area contributed by atoms with Crippen LogP contribution >= 0.6 is 0 Å². The Morgan fingerprint density at radius 3 is 2.56 bits per heavy atom. The summed E-state index contributed by atoms with van der Waals surface area (Å²) < 4.78 is 1.14. The highest BCUT2D eigenvalue weighted by Crippen LogP contribution is 2.52. The van der Waals surface area contributed by atoms with Crippen LogP contribution in [0.5, 0.6) is 0 Å². The highest BCUT2D eigenvalue weighted by atomic mass is 16.6. The quantitative estimate of drug-likeness (QED) is 0.359. The maximum absolute atomic E-state index is 12.6. The van der Waals surface area contributed by atoms with Gasteiger partial charge in [-0.2, -0.15) is 0 Å². The first-order valence-corrected chi connectivity index (χ1v) is 8.81. The number of rotatable bonds is 5. The second-order valence-electron chi connectivity index (χ2n) is 7.12. The summed E-state index contributed by atoms with van der Waals surface area (Å²) in [6.07, 6.45) is 6.19. The van der Waals surface area contributed by atoms with Gasteiger partial charge in [-0.15, -0.1) is 0 Å². The Morgan fingerprint density at radius 2 is 1.89 bits per heavy atom. The minimum absolute atomic E-state index is 0.0858. The summed E-state index contributed by atoms with van der Waals surface area (Å²) in [4.78, 5) is 41.0. The number of nitrogens with one attached hydrogen (secondary N) is 1. The zero-order valence-corrected chi connectivity index (χ0v) is 14.2. The Labute approximate surface area is 153 Å². The smallest absolute Gasteiger partial charge is 0.365 e. The first-order chi connectivity index (χ1) is 13.0. The van der Waals surface area contributed by atoms with Gasteiger partial charge in [-0.05, 0) is 29.2 Å². The zero-order valence-electron chi connectivity index (χ0n) is 14.2. The molecule has 10 nitrogen and oxygen atoms in total. The Kier molecular flexibility index (Phi) is 3.30. The molecule has 2 bridgehead atoms. The SMILES string of the molecule is O=C1C2C3C=CC(C3)C2C(=O)N1CCNc1ccc2ncc([N+](=O)[O-])n2n1. The predicted octanol–water partition coefficient (Wildman–Crippen LogP) is 0.856. The number of nitro groups is 1. The van der Waals surface area contributed by atoms with E-state index >= 15 is 0 Å². The van der Waals surface area contributed by atoms with Gasteiger partial charge in [0.15, 0.2) is 5.82 Å². The van der Waals surface area contributed by atoms with E-state index in [4.69, 9.17) is 0 Å². The van der Waals surface area contributed by atoms with Crippen molar-refractivity contribution in [1.82, 2.24) is 19.5 Å². The lowest BCUT2D eigenvalue weighted by atomic mass is 9.85. The number of aromatic nitrogens is 3. The lowest BCUT2D eigenvalue weighted by Gasteiger charge is -2.17. The molecule has 1 saturated heterocycles. The van der Waals surface area contributed by atoms with Crippen LogP contribution in [-0.4, -0.2) is 49.3 Å². The maximum atomic E-state index is 12.6. The molecule has 2 aromatic heterocycles. The number of likely N-dealkylation sites (tertiary alicyclic amines) is 1. The van der Waals surface area contributed by atoms with Gasteiger partial charge in [-0.3, -0.25) is 14.5 Å². The summed E-state index contributed by atoms with van der Waals surface area (Å²) in [6, 6.07) is 3.26. The Hall–Kier alpha value is -3.30. The molecular weight excluding hydrogens is 352 g/mol. The van der Waals surface area contributed by atoms with Crippen LogP contribution in [0.15, 0.2) is 30.5 Å². The molecule has 2 amide bonds. The van der Waals surface area contributed by atoms with E-state index in [2.05, 4.69) is 27.6 Å². The van der Waals surface area contributed by atoms with Crippen LogP contribution in [0.3, 0.4) is 0 Å². The molecule has 10 heteroatoms. The molecule has 0 aromatic carbocycles. The van der Waals surface area contributed by atoms with Crippen LogP contribution in [0.1, 0.15) is 6.42 Å². The standard InChI is InChI=1S/C17H16N6O4/c24-16-14-9-1-2-10(7-9)15(14)17(25)21(16)6-5-18-11-3-4-12-19-8-13(23(26)27)22(12)20-11/h1-4,8-10,14-15H,5-7H2,(H,18,20). The molecule has 1 saturated carbocycles. The first kappa shape index (κ1) is 15.9. The van der Waals surface area contributed by atoms with Crippen LogP contribution in [0.25, 0.3) is 5.65 Å². The van der Waals surface area contributed by atoms with Crippen molar-refractivity contribution in [2.75, 3.05) is 18.4 Å². The van der Waals surface area contributed by atoms with Crippen LogP contribution in [0, 0.1) is 33.8 Å². The number of amides is 2. The average molecular weight is 368 g/mol. The molecule has 3 aliphatic rings. The van der Waals surface area contributed by atoms with Crippen molar-refractivity contribution >= 4 is 29.1 Å². The third-order valence-corrected chi connectivity index (χ3v) is 5.73. The van der Waals surface area contributed by atoms with E-state index in [-0.39, 0.29) is 47.8 Å². The Morgan fingerprint density at radius 1 is 1.19 bits per heavy atom. The Balaban J connectivity index is 1.27. The molecule has 27 heavy (non-hydrogen) atoms. The monoisotopic (exact) mass is 368 g/mol. The van der Waals surface area contributed by atoms with Gasteiger partial charge in [-0.25, -0.2) is 4.98 Å². The molecule has 2 aromatic rings. The second kappa shape index (κ2) is 5.60. The predicted molar refractivity (Wildman–Crippen MR) is 92.6 cm³/mol. The molecule has 138 valence electrons. The van der Waals surface area contributed by atoms with Crippen molar-refractivity contribution in [3.8, 4) is 0 Å². The normalized spacial score (nSPS) is 28.4. The minimum atomic E-state index is -0.556. The molecular formula is C17H16N6O4. The van der Waals surface area contributed by atoms with E-state index in [1.54, 1.807) is 12.1 Å². The minimum Gasteiger partial charge on any atom is -0.365 e. The number of fused-ring (bicyclic) bond motifs is 6. The molecule has 2 fully saturated rings. The summed E-state index contributed by atoms with van der Waals surface area (Å²) in [6.45, 7) is 0.566. The topological polar surface area (TPSA) is 123 Å². The van der Waals surface area contributed by atoms with Gasteiger partial charge in [0, 0.05) is 19.2 Å². The van der Waals surface area contributed by atoms with E-state index in [9.17, 15) is 19.7 Å². The second-order valence-corrected chi connectivity index (χ2v) is 7.12. The van der Waals surface area contributed by atoms with Gasteiger partial charge in [0.1, 0.15) is 6.20 Å². The molecule has 0 spiro atoms. The van der Waals surface area contributed by atoms with Crippen LogP contribution < -0.4 is 5.32 Å². The van der Waals surface area contributed by atoms with E-state index in [0.717, 1.165) is 17.1 Å². The van der Waals surface area contributed by atoms with Crippen molar-refractivity contribution in [2.24, 2.45) is 23.7 Å². The number of imidazole rings is 1. The lowest BCUT2D eigenvalue weighted by Crippen LogP contribution is -2.36. The fraction of sp³-hybridized carbons (Fsp3) is 0.412. The van der Waals surface area contributed by atoms with Gasteiger partial charge in [-0.1, -0.05) is 21.8 Å². The van der Waals surface area contributed by atoms with Crippen molar-refractivity contribution in [3.63, 3.8) is 0 Å². The number of hydrogen-bond donors (Lipinski definition) is 1. The largest absolute Gasteiger partial charge is 0.368 e. The van der Waals surface area contributed by atoms with Crippen LogP contribution in [-0.2, 0) is 9.59 Å². The molecule has 0 radical (unpaired) electrons. The number of imide groups is 1. The van der Waals surface area contributed by atoms with Crippen molar-refractivity contribution in [1.29, 1.82) is 0 Å². The molecule has 1 N–H and O–H groups in total. The van der Waals surface area contributed by atoms with Crippen molar-refractivity contribution in [2.45, 2.75) is 6.42 Å². The third kappa shape index (κ3) is 2.25. The summed E-state index contributed by atoms with van der Waals surface area (Å²) in [5.74, 6) is 0.000264. The molecule has 4 unspecified atom stereocenters. The summed E-state index contributed by atoms with van der Waals surface area (Å²) in [7, 11) is 0. The number of allylic oxidation sites excluding steroid dienone is 2. The van der Waals surface area contributed by atoms with Gasteiger partial charge < -0.3 is 15.4 Å². The maximum Gasteiger partial charge on any atom is 0.368 e. The average Bonchev–Trinajstić information content (AvgIpc) is 3.40. The summed E-state index contributed by atoms with van der Waals surface area (Å²) in [5, 5.41) is 18.2. The van der Waals surface area contributed by atoms with Crippen molar-refractivity contribution in [3.05, 3.63) is 40.6 Å². The fourth-order valence-electron chi connectivity index (χ4n) is 4.56. The summed E-state index contributed by atoms with van der Waals surface area (Å²) >= 11 is 0. The first-order valence-electron chi connectivity index (χ1n) is 8.81. The molecule has 2 aliphatic carbocycles. The number of nitrogens with zero attached hydrogens (tertiary/aromatic N) is 5. The molecule has 3 heterocycles. The highest BCUT2D eigenvalue weighted by molar-refractivity contribution is 6.06. The van der Waals surface area contributed by atoms with Crippen LogP contribution in [0.2, 0.25) is 0 Å². The van der Waals surface area contributed by atoms with Gasteiger partial charge in [0.25, 0.3) is 0 Å². The number of hydrogen-bond acceptors (Lipinski definition) is 7. The van der Waals surface area contributed by atoms with Crippen LogP contribution in [0.4, 0.5) is 11.6 Å². The van der Waals surface area contributed by atoms with E-state index in [1.165, 1.54) is 4.90 Å². The fourth-order valence-corrected chi connectivity index (χ4v) is 4.56. The Bertz CT molecular complexity index is 984. The van der Waals surface area contributed by atoms with Gasteiger partial charge in [0.05, 0.1) is 11.8 Å². The molecule has 4 atom stereocenters. The van der Waals surface area contributed by atoms with E-state index < -0.39 is 4.92 Å². The third-order valence-electron chi connectivity index (χ3n) is 5.73. The summed E-state index contributed by atoms with van der Waals surface area (Å²) in [5.41, 5.74) is 0.368. The van der Waals surface area contributed by atoms with E-state index in [0.29, 0.717) is 18.0 Å². The highest BCUT2D eigenvalue weighted by Gasteiger charge is 2.58. The van der Waals surface area contributed by atoms with E-state index in [1.807, 2.05) is 0 Å². The molecule has 5 rings (SSSR count). The zero-order chi connectivity index (χ0) is 18.7.